The minimum atomic E-state index is 0.253. The Bertz CT molecular complexity index is 704. The SMILES string of the molecule is CC(C)c1nn(CN(C)C2CCCc3ccccc32)c(=S)o1. The number of aromatic nitrogens is 2. The van der Waals surface area contributed by atoms with E-state index in [2.05, 4.69) is 55.2 Å². The second-order valence-corrected chi connectivity index (χ2v) is 6.71. The summed E-state index contributed by atoms with van der Waals surface area (Å²) >= 11 is 5.30. The van der Waals surface area contributed by atoms with Crippen LogP contribution in [-0.4, -0.2) is 21.7 Å². The van der Waals surface area contributed by atoms with Crippen LogP contribution in [0.15, 0.2) is 28.7 Å². The molecule has 1 unspecified atom stereocenters. The van der Waals surface area contributed by atoms with Gasteiger partial charge in [-0.2, -0.15) is 0 Å². The van der Waals surface area contributed by atoms with Crippen molar-refractivity contribution in [2.45, 2.75) is 51.7 Å². The molecule has 118 valence electrons. The van der Waals surface area contributed by atoms with Crippen LogP contribution in [0.25, 0.3) is 0 Å². The van der Waals surface area contributed by atoms with Gasteiger partial charge in [-0.1, -0.05) is 38.1 Å². The summed E-state index contributed by atoms with van der Waals surface area (Å²) in [6, 6.07) is 9.17. The second-order valence-electron chi connectivity index (χ2n) is 6.37. The maximum absolute atomic E-state index is 5.57. The van der Waals surface area contributed by atoms with Crippen LogP contribution in [0.3, 0.4) is 0 Å². The normalized spacial score (nSPS) is 18.0. The highest BCUT2D eigenvalue weighted by atomic mass is 32.1. The summed E-state index contributed by atoms with van der Waals surface area (Å²) in [5.74, 6) is 0.964. The van der Waals surface area contributed by atoms with Crippen molar-refractivity contribution in [2.75, 3.05) is 7.05 Å². The molecule has 5 heteroatoms. The van der Waals surface area contributed by atoms with Gasteiger partial charge in [-0.25, -0.2) is 4.68 Å². The predicted octanol–water partition coefficient (Wildman–Crippen LogP) is 4.30. The van der Waals surface area contributed by atoms with E-state index in [1.807, 2.05) is 0 Å². The van der Waals surface area contributed by atoms with Crippen LogP contribution < -0.4 is 0 Å². The van der Waals surface area contributed by atoms with Crippen molar-refractivity contribution in [3.8, 4) is 0 Å². The van der Waals surface area contributed by atoms with Crippen molar-refractivity contribution in [1.82, 2.24) is 14.7 Å². The molecule has 0 radical (unpaired) electrons. The van der Waals surface area contributed by atoms with Crippen molar-refractivity contribution >= 4 is 12.2 Å². The first-order valence-electron chi connectivity index (χ1n) is 7.92. The Kier molecular flexibility index (Phi) is 4.45. The summed E-state index contributed by atoms with van der Waals surface area (Å²) in [7, 11) is 2.14. The molecule has 0 saturated carbocycles. The number of nitrogens with zero attached hydrogens (tertiary/aromatic N) is 3. The highest BCUT2D eigenvalue weighted by Crippen LogP contribution is 2.33. The van der Waals surface area contributed by atoms with Crippen molar-refractivity contribution in [2.24, 2.45) is 0 Å². The molecular weight excluding hydrogens is 294 g/mol. The van der Waals surface area contributed by atoms with Crippen LogP contribution in [0.2, 0.25) is 0 Å². The lowest BCUT2D eigenvalue weighted by atomic mass is 9.87. The fraction of sp³-hybridized carbons (Fsp3) is 0.529. The van der Waals surface area contributed by atoms with Gasteiger partial charge in [0.25, 0.3) is 4.84 Å². The number of rotatable bonds is 4. The minimum absolute atomic E-state index is 0.253. The van der Waals surface area contributed by atoms with Gasteiger partial charge in [0.05, 0.1) is 6.67 Å². The average molecular weight is 317 g/mol. The molecule has 1 aliphatic carbocycles. The Morgan fingerprint density at radius 3 is 2.91 bits per heavy atom. The smallest absolute Gasteiger partial charge is 0.288 e. The van der Waals surface area contributed by atoms with Gasteiger partial charge in [-0.05, 0) is 49.7 Å². The van der Waals surface area contributed by atoms with E-state index in [0.717, 1.165) is 0 Å². The molecule has 0 spiro atoms. The molecule has 2 aromatic rings. The summed E-state index contributed by atoms with van der Waals surface area (Å²) in [5, 5.41) is 4.50. The van der Waals surface area contributed by atoms with Gasteiger partial charge in [-0.15, -0.1) is 5.10 Å². The number of hydrogen-bond donors (Lipinski definition) is 0. The average Bonchev–Trinajstić information content (AvgIpc) is 2.88. The molecule has 1 heterocycles. The lowest BCUT2D eigenvalue weighted by molar-refractivity contribution is 0.164. The third-order valence-corrected chi connectivity index (χ3v) is 4.64. The highest BCUT2D eigenvalue weighted by molar-refractivity contribution is 7.71. The van der Waals surface area contributed by atoms with E-state index in [9.17, 15) is 0 Å². The maximum atomic E-state index is 5.57. The second kappa shape index (κ2) is 6.34. The van der Waals surface area contributed by atoms with Crippen molar-refractivity contribution < 1.29 is 4.42 Å². The fourth-order valence-electron chi connectivity index (χ4n) is 3.14. The largest absolute Gasteiger partial charge is 0.414 e. The Balaban J connectivity index is 1.81. The lowest BCUT2D eigenvalue weighted by Crippen LogP contribution is -2.30. The standard InChI is InChI=1S/C17H23N3OS/c1-12(2)16-18-20(17(22)21-16)11-19(3)15-10-6-8-13-7-4-5-9-14(13)15/h4-5,7,9,12,15H,6,8,10-11H2,1-3H3. The molecule has 0 amide bonds. The Labute approximate surface area is 136 Å². The van der Waals surface area contributed by atoms with Crippen LogP contribution in [0, 0.1) is 4.84 Å². The molecule has 22 heavy (non-hydrogen) atoms. The molecule has 0 aliphatic heterocycles. The first kappa shape index (κ1) is 15.4. The third-order valence-electron chi connectivity index (χ3n) is 4.34. The number of aryl methyl sites for hydroxylation is 1. The zero-order valence-electron chi connectivity index (χ0n) is 13.5. The van der Waals surface area contributed by atoms with E-state index >= 15 is 0 Å². The summed E-state index contributed by atoms with van der Waals surface area (Å²) < 4.78 is 7.37. The lowest BCUT2D eigenvalue weighted by Gasteiger charge is -2.32. The van der Waals surface area contributed by atoms with Crippen LogP contribution in [-0.2, 0) is 13.1 Å². The number of fused-ring (bicyclic) bond motifs is 1. The fourth-order valence-corrected chi connectivity index (χ4v) is 3.32. The summed E-state index contributed by atoms with van der Waals surface area (Å²) in [6.07, 6.45) is 3.59. The van der Waals surface area contributed by atoms with Crippen LogP contribution in [0.5, 0.6) is 0 Å². The Hall–Kier alpha value is -1.46. The molecule has 3 rings (SSSR count). The molecule has 1 aromatic carbocycles. The van der Waals surface area contributed by atoms with Crippen molar-refractivity contribution in [3.05, 3.63) is 46.1 Å². The van der Waals surface area contributed by atoms with Crippen LogP contribution in [0.4, 0.5) is 0 Å². The molecule has 1 atom stereocenters. The molecule has 0 bridgehead atoms. The Morgan fingerprint density at radius 1 is 1.41 bits per heavy atom. The van der Waals surface area contributed by atoms with E-state index in [1.54, 1.807) is 4.68 Å². The molecule has 0 saturated heterocycles. The van der Waals surface area contributed by atoms with Gasteiger partial charge >= 0.3 is 0 Å². The monoisotopic (exact) mass is 317 g/mol. The van der Waals surface area contributed by atoms with E-state index in [-0.39, 0.29) is 5.92 Å². The van der Waals surface area contributed by atoms with E-state index < -0.39 is 0 Å². The van der Waals surface area contributed by atoms with Crippen LogP contribution >= 0.6 is 12.2 Å². The van der Waals surface area contributed by atoms with E-state index in [1.165, 1.54) is 30.4 Å². The quantitative estimate of drug-likeness (QED) is 0.788. The summed E-state index contributed by atoms with van der Waals surface area (Å²) in [4.78, 5) is 2.78. The molecule has 0 N–H and O–H groups in total. The van der Waals surface area contributed by atoms with Gasteiger partial charge in [0.15, 0.2) is 0 Å². The van der Waals surface area contributed by atoms with Gasteiger partial charge in [-0.3, -0.25) is 4.90 Å². The van der Waals surface area contributed by atoms with Crippen molar-refractivity contribution in [3.63, 3.8) is 0 Å². The molecule has 4 nitrogen and oxygen atoms in total. The topological polar surface area (TPSA) is 34.2 Å². The van der Waals surface area contributed by atoms with E-state index in [4.69, 9.17) is 16.6 Å². The third kappa shape index (κ3) is 3.01. The van der Waals surface area contributed by atoms with Gasteiger partial charge in [0.1, 0.15) is 0 Å². The first-order chi connectivity index (χ1) is 10.6. The predicted molar refractivity (Wildman–Crippen MR) is 89.3 cm³/mol. The van der Waals surface area contributed by atoms with Gasteiger partial charge in [0, 0.05) is 12.0 Å². The maximum Gasteiger partial charge on any atom is 0.288 e. The molecule has 0 fully saturated rings. The number of hydrogen-bond acceptors (Lipinski definition) is 4. The molecule has 1 aliphatic rings. The number of benzene rings is 1. The summed E-state index contributed by atoms with van der Waals surface area (Å²) in [6.45, 7) is 4.78. The molecular formula is C17H23N3OS. The Morgan fingerprint density at radius 2 is 2.18 bits per heavy atom. The minimum Gasteiger partial charge on any atom is -0.414 e. The van der Waals surface area contributed by atoms with Crippen molar-refractivity contribution in [1.29, 1.82) is 0 Å². The highest BCUT2D eigenvalue weighted by Gasteiger charge is 2.24. The first-order valence-corrected chi connectivity index (χ1v) is 8.33. The summed E-state index contributed by atoms with van der Waals surface area (Å²) in [5.41, 5.74) is 2.91. The van der Waals surface area contributed by atoms with Gasteiger partial charge < -0.3 is 4.42 Å². The molecule has 1 aromatic heterocycles. The van der Waals surface area contributed by atoms with Gasteiger partial charge in [0.2, 0.25) is 5.89 Å². The zero-order valence-corrected chi connectivity index (χ0v) is 14.3. The zero-order chi connectivity index (χ0) is 15.7. The van der Waals surface area contributed by atoms with Crippen LogP contribution in [0.1, 0.15) is 55.7 Å². The van der Waals surface area contributed by atoms with E-state index in [0.29, 0.717) is 23.4 Å².